The lowest BCUT2D eigenvalue weighted by atomic mass is 10.0. The van der Waals surface area contributed by atoms with Crippen molar-refractivity contribution >= 4 is 72.8 Å². The first kappa shape index (κ1) is 63.4. The number of esters is 1. The SMILES string of the molecule is C=C1CCC(=O)N1OC(=O)c1ccc(C(=O)CCCC)cc1.CCCCC(=O)c1ccc(C(=O)OC(C)(C)C)cc1.CCCCC(=O)c1ccc(C(C)=O)cc1.O=S(=O)=O.O=S(=O)=O.O=S(=O)=O. The molecule has 1 aliphatic rings. The molecule has 3 aromatic carbocycles. The topological polar surface area (TPSA) is 295 Å². The Morgan fingerprint density at radius 3 is 1.04 bits per heavy atom. The molecule has 3 aromatic rings. The van der Waals surface area contributed by atoms with E-state index >= 15 is 0 Å². The van der Waals surface area contributed by atoms with Crippen molar-refractivity contribution in [2.75, 3.05) is 0 Å². The lowest BCUT2D eigenvalue weighted by molar-refractivity contribution is -0.153. The average Bonchev–Trinajstić information content (AvgIpc) is 3.58. The molecule has 0 aliphatic carbocycles. The van der Waals surface area contributed by atoms with Gasteiger partial charge < -0.3 is 9.57 Å². The summed E-state index contributed by atoms with van der Waals surface area (Å²) in [6, 6.07) is 19.8. The van der Waals surface area contributed by atoms with E-state index in [0.29, 0.717) is 71.2 Å². The zero-order chi connectivity index (χ0) is 52.6. The molecule has 1 fully saturated rings. The maximum Gasteiger partial charge on any atom is 0.425 e. The summed E-state index contributed by atoms with van der Waals surface area (Å²) in [5.74, 6) is -0.898. The van der Waals surface area contributed by atoms with E-state index < -0.39 is 43.4 Å². The fourth-order valence-electron chi connectivity index (χ4n) is 5.14. The highest BCUT2D eigenvalue weighted by molar-refractivity contribution is 7.59. The summed E-state index contributed by atoms with van der Waals surface area (Å²) in [5, 5.41) is 0.947. The van der Waals surface area contributed by atoms with E-state index in [1.54, 1.807) is 60.7 Å². The monoisotopic (exact) mass is 1010 g/mol. The van der Waals surface area contributed by atoms with Crippen LogP contribution in [0.15, 0.2) is 85.1 Å². The van der Waals surface area contributed by atoms with Gasteiger partial charge >= 0.3 is 43.8 Å². The summed E-state index contributed by atoms with van der Waals surface area (Å²) in [5.41, 5.74) is 3.32. The zero-order valence-electron chi connectivity index (χ0n) is 38.9. The Balaban J connectivity index is 0. The molecule has 1 heterocycles. The van der Waals surface area contributed by atoms with Gasteiger partial charge in [0, 0.05) is 47.9 Å². The number of Topliss-reactive ketones (excluding diaryl/α,β-unsaturated/α-hetero) is 4. The van der Waals surface area contributed by atoms with Gasteiger partial charge in [0.2, 0.25) is 0 Å². The number of benzene rings is 3. The lowest BCUT2D eigenvalue weighted by Crippen LogP contribution is -2.26. The number of hydroxylamine groups is 2. The normalized spacial score (nSPS) is 11.0. The van der Waals surface area contributed by atoms with Crippen LogP contribution in [0.2, 0.25) is 0 Å². The van der Waals surface area contributed by atoms with E-state index in [0.717, 1.165) is 43.6 Å². The van der Waals surface area contributed by atoms with Gasteiger partial charge in [-0.3, -0.25) is 24.0 Å². The molecule has 0 atom stereocenters. The molecule has 0 radical (unpaired) electrons. The van der Waals surface area contributed by atoms with Gasteiger partial charge in [-0.05, 0) is 77.6 Å². The Labute approximate surface area is 400 Å². The second-order valence-electron chi connectivity index (χ2n) is 15.1. The van der Waals surface area contributed by atoms with Crippen LogP contribution in [0, 0.1) is 0 Å². The predicted molar refractivity (Wildman–Crippen MR) is 246 cm³/mol. The summed E-state index contributed by atoms with van der Waals surface area (Å²) >= 11 is 0. The Kier molecular flexibility index (Phi) is 32.3. The van der Waals surface area contributed by atoms with Gasteiger partial charge in [0.25, 0.3) is 5.91 Å². The third-order valence-electron chi connectivity index (χ3n) is 8.48. The van der Waals surface area contributed by atoms with Crippen LogP contribution < -0.4 is 0 Å². The van der Waals surface area contributed by atoms with Crippen molar-refractivity contribution in [2.24, 2.45) is 0 Å². The van der Waals surface area contributed by atoms with Gasteiger partial charge in [0.1, 0.15) is 5.60 Å². The number of carbonyl (C=O) groups is 7. The average molecular weight is 1010 g/mol. The molecule has 0 spiro atoms. The first-order chi connectivity index (χ1) is 31.7. The quantitative estimate of drug-likeness (QED) is 0.0988. The van der Waals surface area contributed by atoms with E-state index in [1.807, 2.05) is 27.7 Å². The Morgan fingerprint density at radius 1 is 0.515 bits per heavy atom. The van der Waals surface area contributed by atoms with E-state index in [9.17, 15) is 33.6 Å². The number of allylic oxidation sites excluding steroid dienone is 1. The third kappa shape index (κ3) is 30.5. The van der Waals surface area contributed by atoms with Crippen LogP contribution in [-0.2, 0) is 46.2 Å². The van der Waals surface area contributed by atoms with Crippen molar-refractivity contribution in [1.82, 2.24) is 5.06 Å². The largest absolute Gasteiger partial charge is 0.456 e. The highest BCUT2D eigenvalue weighted by Gasteiger charge is 2.28. The highest BCUT2D eigenvalue weighted by Crippen LogP contribution is 2.22. The zero-order valence-corrected chi connectivity index (χ0v) is 41.4. The highest BCUT2D eigenvalue weighted by atomic mass is 32.2. The fraction of sp³-hybridized carbons (Fsp3) is 0.413. The molecule has 0 unspecified atom stereocenters. The van der Waals surface area contributed by atoms with Crippen LogP contribution in [0.5, 0.6) is 0 Å². The van der Waals surface area contributed by atoms with Gasteiger partial charge in [-0.1, -0.05) is 95.1 Å². The summed E-state index contributed by atoms with van der Waals surface area (Å²) < 4.78 is 81.3. The second-order valence-corrected chi connectivity index (χ2v) is 16.3. The lowest BCUT2D eigenvalue weighted by Gasteiger charge is -2.19. The molecular formula is C46H57NO18S3. The van der Waals surface area contributed by atoms with E-state index in [4.69, 9.17) is 47.5 Å². The van der Waals surface area contributed by atoms with Gasteiger partial charge in [0.15, 0.2) is 23.1 Å². The molecule has 1 amide bonds. The Hall–Kier alpha value is -6.65. The molecule has 0 aromatic heterocycles. The van der Waals surface area contributed by atoms with Crippen molar-refractivity contribution in [1.29, 1.82) is 0 Å². The first-order valence-electron chi connectivity index (χ1n) is 20.9. The molecule has 22 heteroatoms. The van der Waals surface area contributed by atoms with Crippen LogP contribution in [0.1, 0.15) is 181 Å². The minimum atomic E-state index is -3.11. The molecule has 372 valence electrons. The maximum atomic E-state index is 12.0. The molecule has 0 N–H and O–H groups in total. The van der Waals surface area contributed by atoms with Crippen LogP contribution in [0.4, 0.5) is 0 Å². The second kappa shape index (κ2) is 34.6. The standard InChI is InChI=1S/C17H19NO4.C16H22O3.C13H16O2.3O3S/c1-3-4-5-15(19)13-7-9-14(10-8-13)17(21)22-18-12(2)6-11-16(18)20;1-5-6-7-14(17)12-8-10-13(11-9-12)15(18)19-16(2,3)4;1-3-4-5-13(15)12-8-6-11(7-9-12)10(2)14;3*1-4(2)3/h7-10H,2-6,11H2,1H3;8-11H,5-7H2,1-4H3;6-9H,3-5H2,1-2H3;;;. The minimum Gasteiger partial charge on any atom is -0.456 e. The molecule has 68 heavy (non-hydrogen) atoms. The van der Waals surface area contributed by atoms with Crippen molar-refractivity contribution in [2.45, 2.75) is 125 Å². The number of rotatable bonds is 16. The number of nitrogens with zero attached hydrogens (tertiary/aromatic N) is 1. The summed E-state index contributed by atoms with van der Waals surface area (Å²) in [7, 11) is -9.33. The number of amides is 1. The fourth-order valence-corrected chi connectivity index (χ4v) is 5.14. The number of ketones is 4. The maximum absolute atomic E-state index is 12.0. The molecule has 1 saturated heterocycles. The Bertz CT molecular complexity index is 2410. The summed E-state index contributed by atoms with van der Waals surface area (Å²) in [4.78, 5) is 86.7. The molecule has 19 nitrogen and oxygen atoms in total. The van der Waals surface area contributed by atoms with Gasteiger partial charge in [-0.15, -0.1) is 42.9 Å². The van der Waals surface area contributed by atoms with Gasteiger partial charge in [0.05, 0.1) is 16.8 Å². The third-order valence-corrected chi connectivity index (χ3v) is 8.48. The van der Waals surface area contributed by atoms with Crippen LogP contribution in [-0.4, -0.2) is 89.5 Å². The van der Waals surface area contributed by atoms with Crippen LogP contribution in [0.25, 0.3) is 0 Å². The molecule has 4 rings (SSSR count). The van der Waals surface area contributed by atoms with E-state index in [1.165, 1.54) is 19.1 Å². The first-order valence-corrected chi connectivity index (χ1v) is 23.9. The number of hydrogen-bond donors (Lipinski definition) is 0. The van der Waals surface area contributed by atoms with Crippen molar-refractivity contribution < 1.29 is 81.0 Å². The summed E-state index contributed by atoms with van der Waals surface area (Å²) in [6.07, 6.45) is 8.11. The molecule has 1 aliphatic heterocycles. The van der Waals surface area contributed by atoms with Crippen molar-refractivity contribution in [3.05, 3.63) is 118 Å². The van der Waals surface area contributed by atoms with E-state index in [-0.39, 0.29) is 35.0 Å². The Morgan fingerprint density at radius 2 is 0.794 bits per heavy atom. The predicted octanol–water partition coefficient (Wildman–Crippen LogP) is 7.53. The van der Waals surface area contributed by atoms with E-state index in [2.05, 4.69) is 20.4 Å². The number of ether oxygens (including phenoxy) is 1. The van der Waals surface area contributed by atoms with Crippen LogP contribution in [0.3, 0.4) is 0 Å². The van der Waals surface area contributed by atoms with Crippen molar-refractivity contribution in [3.63, 3.8) is 0 Å². The number of carbonyl (C=O) groups excluding carboxylic acids is 7. The smallest absolute Gasteiger partial charge is 0.425 e. The van der Waals surface area contributed by atoms with Gasteiger partial charge in [-0.2, -0.15) is 0 Å². The summed E-state index contributed by atoms with van der Waals surface area (Å²) in [6.45, 7) is 16.8. The number of unbranched alkanes of at least 4 members (excludes halogenated alkanes) is 3. The number of hydrogen-bond acceptors (Lipinski definition) is 18. The molecule has 0 saturated carbocycles. The van der Waals surface area contributed by atoms with Crippen molar-refractivity contribution in [3.8, 4) is 0 Å². The molecular weight excluding hydrogens is 951 g/mol. The van der Waals surface area contributed by atoms with Gasteiger partial charge in [-0.25, -0.2) is 9.59 Å². The molecule has 0 bridgehead atoms. The minimum absolute atomic E-state index is 0.0301. The van der Waals surface area contributed by atoms with Crippen LogP contribution >= 0.6 is 0 Å².